The van der Waals surface area contributed by atoms with Crippen LogP contribution in [0.25, 0.3) is 11.2 Å². The van der Waals surface area contributed by atoms with Crippen LogP contribution in [0, 0.1) is 0 Å². The number of nitrogens with one attached hydrogen (secondary N) is 1. The molecule has 7 heteroatoms. The molecule has 2 heterocycles. The van der Waals surface area contributed by atoms with Gasteiger partial charge < -0.3 is 4.57 Å². The Bertz CT molecular complexity index is 1020. The quantitative estimate of drug-likeness (QED) is 0.416. The van der Waals surface area contributed by atoms with Crippen LogP contribution in [0.3, 0.4) is 0 Å². The van der Waals surface area contributed by atoms with Crippen LogP contribution in [0.1, 0.15) is 44.6 Å². The fourth-order valence-corrected chi connectivity index (χ4v) is 4.33. The predicted molar refractivity (Wildman–Crippen MR) is 115 cm³/mol. The Morgan fingerprint density at radius 2 is 1.86 bits per heavy atom. The average molecular weight is 401 g/mol. The highest BCUT2D eigenvalue weighted by Crippen LogP contribution is 2.23. The van der Waals surface area contributed by atoms with E-state index >= 15 is 0 Å². The van der Waals surface area contributed by atoms with Crippen LogP contribution in [0.2, 0.25) is 0 Å². The van der Waals surface area contributed by atoms with E-state index in [0.29, 0.717) is 17.7 Å². The Morgan fingerprint density at radius 1 is 1.07 bits per heavy atom. The number of aryl methyl sites for hydroxylation is 3. The molecule has 0 aliphatic rings. The lowest BCUT2D eigenvalue weighted by molar-refractivity contribution is 0.608. The molecule has 0 spiro atoms. The molecule has 0 saturated heterocycles. The summed E-state index contributed by atoms with van der Waals surface area (Å²) in [4.78, 5) is 31.5. The van der Waals surface area contributed by atoms with Crippen LogP contribution < -0.4 is 11.2 Å². The Labute approximate surface area is 169 Å². The van der Waals surface area contributed by atoms with Gasteiger partial charge in [-0.15, -0.1) is 0 Å². The number of nitrogens with zero attached hydrogens (tertiary/aromatic N) is 3. The van der Waals surface area contributed by atoms with Crippen LogP contribution in [-0.2, 0) is 20.0 Å². The van der Waals surface area contributed by atoms with Crippen molar-refractivity contribution in [2.45, 2.75) is 57.1 Å². The smallest absolute Gasteiger partial charge is 0.313 e. The number of hydrogen-bond donors (Lipinski definition) is 1. The topological polar surface area (TPSA) is 72.7 Å². The number of imidazole rings is 1. The summed E-state index contributed by atoms with van der Waals surface area (Å²) in [5.41, 5.74) is 1.45. The molecule has 0 amide bonds. The van der Waals surface area contributed by atoms with Gasteiger partial charge in [-0.2, -0.15) is 0 Å². The molecule has 3 aromatic rings. The molecular formula is C21H28N4O2S. The first-order valence-electron chi connectivity index (χ1n) is 9.98. The van der Waals surface area contributed by atoms with Crippen molar-refractivity contribution in [3.05, 3.63) is 56.7 Å². The summed E-state index contributed by atoms with van der Waals surface area (Å²) in [5, 5.41) is 0.825. The summed E-state index contributed by atoms with van der Waals surface area (Å²) in [7, 11) is 1.65. The lowest BCUT2D eigenvalue weighted by Crippen LogP contribution is -2.29. The maximum absolute atomic E-state index is 12.5. The molecule has 0 aliphatic carbocycles. The first-order valence-corrected chi connectivity index (χ1v) is 11.0. The number of fused-ring (bicyclic) bond motifs is 1. The summed E-state index contributed by atoms with van der Waals surface area (Å²) in [6, 6.07) is 10.3. The van der Waals surface area contributed by atoms with E-state index in [9.17, 15) is 9.59 Å². The summed E-state index contributed by atoms with van der Waals surface area (Å²) in [6.07, 6.45) is 6.62. The first-order chi connectivity index (χ1) is 13.6. The minimum atomic E-state index is -0.425. The van der Waals surface area contributed by atoms with Crippen molar-refractivity contribution in [3.8, 4) is 0 Å². The van der Waals surface area contributed by atoms with E-state index in [4.69, 9.17) is 0 Å². The predicted octanol–water partition coefficient (Wildman–Crippen LogP) is 3.73. The van der Waals surface area contributed by atoms with Gasteiger partial charge in [-0.25, -0.2) is 9.78 Å². The third-order valence-electron chi connectivity index (χ3n) is 4.89. The van der Waals surface area contributed by atoms with Gasteiger partial charge in [-0.3, -0.25) is 14.3 Å². The highest BCUT2D eigenvalue weighted by atomic mass is 32.2. The lowest BCUT2D eigenvalue weighted by atomic mass is 10.1. The molecule has 1 aromatic carbocycles. The second-order valence-electron chi connectivity index (χ2n) is 7.03. The summed E-state index contributed by atoms with van der Waals surface area (Å²) >= 11 is 1.68. The third kappa shape index (κ3) is 4.76. The highest BCUT2D eigenvalue weighted by Gasteiger charge is 2.17. The van der Waals surface area contributed by atoms with E-state index in [2.05, 4.69) is 29.0 Å². The van der Waals surface area contributed by atoms with Crippen LogP contribution in [0.4, 0.5) is 0 Å². The Kier molecular flexibility index (Phi) is 7.14. The summed E-state index contributed by atoms with van der Waals surface area (Å²) in [6.45, 7) is 2.90. The zero-order chi connectivity index (χ0) is 19.9. The van der Waals surface area contributed by atoms with Gasteiger partial charge in [0.1, 0.15) is 0 Å². The fraction of sp³-hybridized carbons (Fsp3) is 0.476. The van der Waals surface area contributed by atoms with E-state index in [1.54, 1.807) is 18.8 Å². The lowest BCUT2D eigenvalue weighted by Gasteiger charge is -2.09. The average Bonchev–Trinajstić information content (AvgIpc) is 3.06. The first kappa shape index (κ1) is 20.5. The number of benzene rings is 1. The Morgan fingerprint density at radius 3 is 2.61 bits per heavy atom. The summed E-state index contributed by atoms with van der Waals surface area (Å²) in [5.74, 6) is 0.966. The molecule has 0 saturated carbocycles. The molecule has 0 radical (unpaired) electrons. The minimum absolute atomic E-state index is 0.358. The molecule has 1 N–H and O–H groups in total. The zero-order valence-electron chi connectivity index (χ0n) is 16.6. The Hall–Kier alpha value is -2.28. The minimum Gasteiger partial charge on any atom is -0.313 e. The van der Waals surface area contributed by atoms with Gasteiger partial charge in [0, 0.05) is 19.3 Å². The normalized spacial score (nSPS) is 11.4. The van der Waals surface area contributed by atoms with Crippen molar-refractivity contribution in [2.24, 2.45) is 7.05 Å². The van der Waals surface area contributed by atoms with Crippen molar-refractivity contribution in [2.75, 3.05) is 5.75 Å². The molecule has 28 heavy (non-hydrogen) atoms. The molecule has 0 unspecified atom stereocenters. The Balaban J connectivity index is 1.83. The van der Waals surface area contributed by atoms with Crippen molar-refractivity contribution in [1.82, 2.24) is 19.1 Å². The molecule has 6 nitrogen and oxygen atoms in total. The number of aromatic amines is 1. The maximum atomic E-state index is 12.5. The second kappa shape index (κ2) is 9.78. The van der Waals surface area contributed by atoms with E-state index in [1.165, 1.54) is 29.4 Å². The van der Waals surface area contributed by atoms with Crippen LogP contribution in [0.15, 0.2) is 45.1 Å². The fourth-order valence-electron chi connectivity index (χ4n) is 3.31. The van der Waals surface area contributed by atoms with E-state index in [0.717, 1.165) is 30.2 Å². The van der Waals surface area contributed by atoms with E-state index in [-0.39, 0.29) is 5.56 Å². The van der Waals surface area contributed by atoms with E-state index in [1.807, 2.05) is 22.8 Å². The largest absolute Gasteiger partial charge is 0.329 e. The van der Waals surface area contributed by atoms with Gasteiger partial charge >= 0.3 is 5.69 Å². The monoisotopic (exact) mass is 400 g/mol. The molecule has 150 valence electrons. The molecule has 0 atom stereocenters. The van der Waals surface area contributed by atoms with Crippen molar-refractivity contribution >= 4 is 22.9 Å². The van der Waals surface area contributed by atoms with Crippen molar-refractivity contribution in [3.63, 3.8) is 0 Å². The number of H-pyrrole nitrogens is 1. The van der Waals surface area contributed by atoms with E-state index < -0.39 is 5.69 Å². The number of rotatable bonds is 10. The molecule has 0 aliphatic heterocycles. The SMILES string of the molecule is CCCCCCSc1nc2c(c(=O)[nH]c(=O)n2C)n1CCCc1ccccc1. The van der Waals surface area contributed by atoms with Crippen LogP contribution in [0.5, 0.6) is 0 Å². The number of aromatic nitrogens is 4. The maximum Gasteiger partial charge on any atom is 0.329 e. The van der Waals surface area contributed by atoms with Gasteiger partial charge in [0.15, 0.2) is 16.3 Å². The number of thioether (sulfide) groups is 1. The standard InChI is InChI=1S/C21H28N4O2S/c1-3-4-5-9-15-28-21-22-18-17(19(26)23-20(27)24(18)2)25(21)14-10-13-16-11-7-6-8-12-16/h6-8,11-12H,3-5,9-10,13-15H2,1-2H3,(H,23,26,27). The molecule has 3 rings (SSSR count). The number of unbranched alkanes of at least 4 members (excludes halogenated alkanes) is 3. The van der Waals surface area contributed by atoms with Gasteiger partial charge in [-0.1, -0.05) is 68.3 Å². The van der Waals surface area contributed by atoms with Gasteiger partial charge in [0.25, 0.3) is 5.56 Å². The van der Waals surface area contributed by atoms with Crippen molar-refractivity contribution < 1.29 is 0 Å². The third-order valence-corrected chi connectivity index (χ3v) is 5.95. The molecular weight excluding hydrogens is 372 g/mol. The van der Waals surface area contributed by atoms with Crippen LogP contribution in [-0.4, -0.2) is 24.9 Å². The summed E-state index contributed by atoms with van der Waals surface area (Å²) < 4.78 is 3.41. The number of hydrogen-bond acceptors (Lipinski definition) is 4. The zero-order valence-corrected chi connectivity index (χ0v) is 17.4. The van der Waals surface area contributed by atoms with Crippen LogP contribution >= 0.6 is 11.8 Å². The van der Waals surface area contributed by atoms with Gasteiger partial charge in [0.2, 0.25) is 0 Å². The molecule has 0 fully saturated rings. The van der Waals surface area contributed by atoms with Gasteiger partial charge in [0.05, 0.1) is 0 Å². The second-order valence-corrected chi connectivity index (χ2v) is 8.10. The highest BCUT2D eigenvalue weighted by molar-refractivity contribution is 7.99. The molecule has 0 bridgehead atoms. The van der Waals surface area contributed by atoms with Gasteiger partial charge in [-0.05, 0) is 24.8 Å². The van der Waals surface area contributed by atoms with Crippen molar-refractivity contribution in [1.29, 1.82) is 0 Å². The molecule has 2 aromatic heterocycles.